The van der Waals surface area contributed by atoms with Crippen molar-refractivity contribution in [3.8, 4) is 5.75 Å². The highest BCUT2D eigenvalue weighted by Gasteiger charge is 2.25. The zero-order valence-corrected chi connectivity index (χ0v) is 16.8. The fourth-order valence-electron chi connectivity index (χ4n) is 3.71. The molecule has 1 aliphatic heterocycles. The van der Waals surface area contributed by atoms with E-state index in [1.165, 1.54) is 23.3 Å². The molecule has 0 aliphatic carbocycles. The van der Waals surface area contributed by atoms with E-state index in [0.29, 0.717) is 42.0 Å². The van der Waals surface area contributed by atoms with Crippen LogP contribution in [-0.2, 0) is 27.2 Å². The lowest BCUT2D eigenvalue weighted by Crippen LogP contribution is -2.38. The molecule has 1 aliphatic rings. The van der Waals surface area contributed by atoms with Crippen LogP contribution in [0, 0.1) is 10.1 Å². The Morgan fingerprint density at radius 3 is 2.84 bits per heavy atom. The number of nitro benzene ring substituents is 1. The minimum Gasteiger partial charge on any atom is -0.497 e. The van der Waals surface area contributed by atoms with E-state index in [9.17, 15) is 19.7 Å². The number of amides is 1. The molecule has 0 spiro atoms. The van der Waals surface area contributed by atoms with Crippen molar-refractivity contribution in [2.75, 3.05) is 25.2 Å². The molecule has 31 heavy (non-hydrogen) atoms. The van der Waals surface area contributed by atoms with Crippen LogP contribution in [0.5, 0.6) is 5.75 Å². The van der Waals surface area contributed by atoms with Crippen molar-refractivity contribution in [1.29, 1.82) is 0 Å². The molecule has 1 amide bonds. The predicted octanol–water partition coefficient (Wildman–Crippen LogP) is 3.41. The highest BCUT2D eigenvalue weighted by Crippen LogP contribution is 2.30. The standard InChI is InChI=1S/C22H20N2O7/c1-29-17-5-6-18-15(12-30-20(18)11-17)10-22(26)31-13-21(25)23-8-2-3-14-9-16(24(27)28)4-7-19(14)23/h4-7,9,11-12H,2-3,8,10,13H2,1H3. The number of carbonyl (C=O) groups excluding carboxylic acids is 2. The molecule has 0 unspecified atom stereocenters. The third kappa shape index (κ3) is 4.20. The number of carbonyl (C=O) groups is 2. The average molecular weight is 424 g/mol. The SMILES string of the molecule is COc1ccc2c(CC(=O)OCC(=O)N3CCCc4cc([N+](=O)[O-])ccc43)coc2c1. The van der Waals surface area contributed by atoms with Gasteiger partial charge in [0.05, 0.1) is 24.7 Å². The number of hydrogen-bond acceptors (Lipinski definition) is 7. The van der Waals surface area contributed by atoms with Crippen LogP contribution >= 0.6 is 0 Å². The predicted molar refractivity (Wildman–Crippen MR) is 111 cm³/mol. The highest BCUT2D eigenvalue weighted by molar-refractivity contribution is 5.96. The molecule has 0 N–H and O–H groups in total. The number of esters is 1. The van der Waals surface area contributed by atoms with Crippen LogP contribution in [0.1, 0.15) is 17.5 Å². The Kier molecular flexibility index (Phi) is 5.57. The molecule has 0 radical (unpaired) electrons. The maximum atomic E-state index is 12.7. The Hall–Kier alpha value is -3.88. The summed E-state index contributed by atoms with van der Waals surface area (Å²) < 4.78 is 15.8. The molecule has 2 aromatic carbocycles. The lowest BCUT2D eigenvalue weighted by Gasteiger charge is -2.29. The van der Waals surface area contributed by atoms with Crippen LogP contribution in [0.3, 0.4) is 0 Å². The van der Waals surface area contributed by atoms with E-state index in [1.54, 1.807) is 31.4 Å². The Labute approximate surface area is 177 Å². The third-order valence-corrected chi connectivity index (χ3v) is 5.25. The van der Waals surface area contributed by atoms with E-state index < -0.39 is 17.5 Å². The van der Waals surface area contributed by atoms with Gasteiger partial charge < -0.3 is 18.8 Å². The Bertz CT molecular complexity index is 1170. The van der Waals surface area contributed by atoms with Gasteiger partial charge in [0, 0.05) is 41.4 Å². The summed E-state index contributed by atoms with van der Waals surface area (Å²) in [5.74, 6) is -0.272. The Morgan fingerprint density at radius 2 is 2.06 bits per heavy atom. The normalized spacial score (nSPS) is 13.0. The lowest BCUT2D eigenvalue weighted by molar-refractivity contribution is -0.384. The summed E-state index contributed by atoms with van der Waals surface area (Å²) in [6.45, 7) is 0.0638. The van der Waals surface area contributed by atoms with Crippen molar-refractivity contribution in [2.45, 2.75) is 19.3 Å². The van der Waals surface area contributed by atoms with Crippen molar-refractivity contribution in [2.24, 2.45) is 0 Å². The average Bonchev–Trinajstić information content (AvgIpc) is 3.18. The minimum atomic E-state index is -0.548. The number of nitrogens with zero attached hydrogens (tertiary/aromatic N) is 2. The summed E-state index contributed by atoms with van der Waals surface area (Å²) in [6, 6.07) is 9.73. The fourth-order valence-corrected chi connectivity index (χ4v) is 3.71. The molecule has 1 aromatic heterocycles. The van der Waals surface area contributed by atoms with Crippen molar-refractivity contribution >= 4 is 34.2 Å². The molecule has 0 saturated heterocycles. The van der Waals surface area contributed by atoms with Gasteiger partial charge in [-0.25, -0.2) is 0 Å². The van der Waals surface area contributed by atoms with E-state index in [0.717, 1.165) is 10.9 Å². The molecule has 0 atom stereocenters. The van der Waals surface area contributed by atoms with Crippen molar-refractivity contribution < 1.29 is 28.4 Å². The van der Waals surface area contributed by atoms with Gasteiger partial charge in [0.2, 0.25) is 0 Å². The number of non-ortho nitro benzene ring substituents is 1. The maximum Gasteiger partial charge on any atom is 0.310 e. The maximum absolute atomic E-state index is 12.7. The first kappa shape index (κ1) is 20.4. The highest BCUT2D eigenvalue weighted by atomic mass is 16.6. The molecule has 0 bridgehead atoms. The summed E-state index contributed by atoms with van der Waals surface area (Å²) in [4.78, 5) is 37.0. The topological polar surface area (TPSA) is 112 Å². The second-order valence-electron chi connectivity index (χ2n) is 7.18. The number of furan rings is 1. The van der Waals surface area contributed by atoms with Gasteiger partial charge in [0.1, 0.15) is 11.3 Å². The number of benzene rings is 2. The van der Waals surface area contributed by atoms with Crippen LogP contribution in [0.4, 0.5) is 11.4 Å². The fraction of sp³-hybridized carbons (Fsp3) is 0.273. The molecular weight excluding hydrogens is 404 g/mol. The quantitative estimate of drug-likeness (QED) is 0.338. The number of rotatable bonds is 6. The van der Waals surface area contributed by atoms with Crippen LogP contribution in [-0.4, -0.2) is 37.1 Å². The smallest absolute Gasteiger partial charge is 0.310 e. The van der Waals surface area contributed by atoms with E-state index >= 15 is 0 Å². The summed E-state index contributed by atoms with van der Waals surface area (Å²) in [5.41, 5.74) is 2.60. The first-order chi connectivity index (χ1) is 15.0. The number of nitro groups is 1. The van der Waals surface area contributed by atoms with Gasteiger partial charge in [-0.05, 0) is 36.6 Å². The van der Waals surface area contributed by atoms with Crippen molar-refractivity contribution in [3.63, 3.8) is 0 Å². The number of methoxy groups -OCH3 is 1. The number of anilines is 1. The summed E-state index contributed by atoms with van der Waals surface area (Å²) in [5, 5.41) is 11.8. The van der Waals surface area contributed by atoms with Crippen LogP contribution in [0.15, 0.2) is 47.1 Å². The zero-order chi connectivity index (χ0) is 22.0. The van der Waals surface area contributed by atoms with Gasteiger partial charge in [0.25, 0.3) is 11.6 Å². The van der Waals surface area contributed by atoms with Gasteiger partial charge in [0.15, 0.2) is 6.61 Å². The van der Waals surface area contributed by atoms with Gasteiger partial charge in [-0.3, -0.25) is 19.7 Å². The van der Waals surface area contributed by atoms with Crippen molar-refractivity contribution in [3.05, 3.63) is 63.9 Å². The first-order valence-electron chi connectivity index (χ1n) is 9.73. The number of ether oxygens (including phenoxy) is 2. The molecular formula is C22H20N2O7. The number of hydrogen-bond donors (Lipinski definition) is 0. The van der Waals surface area contributed by atoms with Gasteiger partial charge in [-0.15, -0.1) is 0 Å². The number of aryl methyl sites for hydroxylation is 1. The Morgan fingerprint density at radius 1 is 1.23 bits per heavy atom. The molecule has 160 valence electrons. The molecule has 9 nitrogen and oxygen atoms in total. The molecule has 9 heteroatoms. The summed E-state index contributed by atoms with van der Waals surface area (Å²) in [7, 11) is 1.56. The molecule has 0 fully saturated rings. The number of fused-ring (bicyclic) bond motifs is 2. The van der Waals surface area contributed by atoms with Crippen LogP contribution < -0.4 is 9.64 Å². The van der Waals surface area contributed by atoms with E-state index in [2.05, 4.69) is 0 Å². The summed E-state index contributed by atoms with van der Waals surface area (Å²) >= 11 is 0. The molecule has 3 aromatic rings. The largest absolute Gasteiger partial charge is 0.497 e. The van der Waals surface area contributed by atoms with Gasteiger partial charge in [-0.1, -0.05) is 0 Å². The van der Waals surface area contributed by atoms with Crippen LogP contribution in [0.2, 0.25) is 0 Å². The van der Waals surface area contributed by atoms with Gasteiger partial charge in [-0.2, -0.15) is 0 Å². The molecule has 4 rings (SSSR count). The second-order valence-corrected chi connectivity index (χ2v) is 7.18. The zero-order valence-electron chi connectivity index (χ0n) is 16.8. The van der Waals surface area contributed by atoms with E-state index in [1.807, 2.05) is 0 Å². The second kappa shape index (κ2) is 8.47. The van der Waals surface area contributed by atoms with E-state index in [4.69, 9.17) is 13.9 Å². The Balaban J connectivity index is 1.39. The molecule has 2 heterocycles. The summed E-state index contributed by atoms with van der Waals surface area (Å²) in [6.07, 6.45) is 2.79. The van der Waals surface area contributed by atoms with Crippen molar-refractivity contribution in [1.82, 2.24) is 0 Å². The monoisotopic (exact) mass is 424 g/mol. The first-order valence-corrected chi connectivity index (χ1v) is 9.73. The lowest BCUT2D eigenvalue weighted by atomic mass is 10.0. The van der Waals surface area contributed by atoms with Crippen LogP contribution in [0.25, 0.3) is 11.0 Å². The minimum absolute atomic E-state index is 0.00978. The van der Waals surface area contributed by atoms with E-state index in [-0.39, 0.29) is 18.0 Å². The third-order valence-electron chi connectivity index (χ3n) is 5.25. The van der Waals surface area contributed by atoms with Gasteiger partial charge >= 0.3 is 5.97 Å². The molecule has 0 saturated carbocycles.